The maximum Gasteiger partial charge on any atom is 0.124 e. The van der Waals surface area contributed by atoms with Crippen LogP contribution in [0.2, 0.25) is 0 Å². The Bertz CT molecular complexity index is 367. The Hall–Kier alpha value is -0.920. The zero-order chi connectivity index (χ0) is 12.0. The quantitative estimate of drug-likeness (QED) is 0.829. The largest absolute Gasteiger partial charge is 0.298 e. The second-order valence-corrected chi connectivity index (χ2v) is 4.47. The molecule has 0 bridgehead atoms. The lowest BCUT2D eigenvalue weighted by atomic mass is 10.2. The third-order valence-corrected chi connectivity index (χ3v) is 2.77. The Morgan fingerprint density at radius 3 is 2.75 bits per heavy atom. The maximum absolute atomic E-state index is 13.1. The van der Waals surface area contributed by atoms with Gasteiger partial charge in [-0.1, -0.05) is 22.9 Å². The predicted molar refractivity (Wildman–Crippen MR) is 65.3 cm³/mol. The van der Waals surface area contributed by atoms with Crippen molar-refractivity contribution in [3.05, 3.63) is 34.1 Å². The van der Waals surface area contributed by atoms with E-state index in [0.29, 0.717) is 13.0 Å². The lowest BCUT2D eigenvalue weighted by molar-refractivity contribution is 0.286. The second kappa shape index (κ2) is 6.62. The fourth-order valence-electron chi connectivity index (χ4n) is 1.52. The molecule has 2 nitrogen and oxygen atoms in total. The van der Waals surface area contributed by atoms with Crippen molar-refractivity contribution in [1.29, 1.82) is 5.26 Å². The zero-order valence-corrected chi connectivity index (χ0v) is 10.8. The summed E-state index contributed by atoms with van der Waals surface area (Å²) < 4.78 is 13.9. The molecule has 0 spiro atoms. The molecule has 1 aromatic carbocycles. The number of nitrogens with zero attached hydrogens (tertiary/aromatic N) is 2. The van der Waals surface area contributed by atoms with Crippen LogP contribution in [-0.4, -0.2) is 18.0 Å². The fraction of sp³-hybridized carbons (Fsp3) is 0.417. The van der Waals surface area contributed by atoms with Gasteiger partial charge in [0.15, 0.2) is 0 Å². The highest BCUT2D eigenvalue weighted by molar-refractivity contribution is 9.10. The fourth-order valence-corrected chi connectivity index (χ4v) is 2.03. The van der Waals surface area contributed by atoms with Crippen molar-refractivity contribution in [3.8, 4) is 6.07 Å². The summed E-state index contributed by atoms with van der Waals surface area (Å²) in [5, 5.41) is 8.52. The van der Waals surface area contributed by atoms with E-state index < -0.39 is 0 Å². The summed E-state index contributed by atoms with van der Waals surface area (Å²) in [5.41, 5.74) is 0.923. The minimum absolute atomic E-state index is 0.235. The highest BCUT2D eigenvalue weighted by Crippen LogP contribution is 2.16. The van der Waals surface area contributed by atoms with E-state index in [-0.39, 0.29) is 5.82 Å². The molecule has 0 fully saturated rings. The summed E-state index contributed by atoms with van der Waals surface area (Å²) in [6, 6.07) is 6.98. The summed E-state index contributed by atoms with van der Waals surface area (Å²) in [6.45, 7) is 4.29. The molecule has 0 aromatic heterocycles. The molecule has 0 heterocycles. The van der Waals surface area contributed by atoms with Crippen LogP contribution in [0.15, 0.2) is 22.7 Å². The van der Waals surface area contributed by atoms with Crippen LogP contribution in [0.25, 0.3) is 0 Å². The van der Waals surface area contributed by atoms with Crippen molar-refractivity contribution >= 4 is 15.9 Å². The third-order valence-electron chi connectivity index (χ3n) is 2.32. The standard InChI is InChI=1S/C12H14BrFN2/c1-2-16(5-3-4-15)9-10-6-11(13)8-12(14)7-10/h6-8H,2-3,5,9H2,1H3. The Morgan fingerprint density at radius 2 is 2.19 bits per heavy atom. The van der Waals surface area contributed by atoms with E-state index in [0.717, 1.165) is 23.1 Å². The molecule has 0 amide bonds. The van der Waals surface area contributed by atoms with Crippen molar-refractivity contribution < 1.29 is 4.39 Å². The smallest absolute Gasteiger partial charge is 0.124 e. The topological polar surface area (TPSA) is 27.0 Å². The van der Waals surface area contributed by atoms with Crippen LogP contribution in [0.3, 0.4) is 0 Å². The number of rotatable bonds is 5. The van der Waals surface area contributed by atoms with Crippen LogP contribution >= 0.6 is 15.9 Å². The first-order valence-corrected chi connectivity index (χ1v) is 5.99. The van der Waals surface area contributed by atoms with Gasteiger partial charge in [0.1, 0.15) is 5.82 Å². The minimum Gasteiger partial charge on any atom is -0.298 e. The number of benzene rings is 1. The molecule has 86 valence electrons. The molecule has 0 unspecified atom stereocenters. The predicted octanol–water partition coefficient (Wildman–Crippen LogP) is 3.32. The number of nitriles is 1. The van der Waals surface area contributed by atoms with E-state index in [9.17, 15) is 4.39 Å². The molecular weight excluding hydrogens is 271 g/mol. The summed E-state index contributed by atoms with van der Waals surface area (Å²) >= 11 is 3.27. The van der Waals surface area contributed by atoms with E-state index in [1.807, 2.05) is 13.0 Å². The van der Waals surface area contributed by atoms with Gasteiger partial charge in [0.2, 0.25) is 0 Å². The normalized spacial score (nSPS) is 10.4. The molecule has 0 radical (unpaired) electrons. The molecule has 0 aliphatic heterocycles. The molecule has 0 N–H and O–H groups in total. The first kappa shape index (κ1) is 13.1. The molecule has 0 aliphatic carbocycles. The summed E-state index contributed by atoms with van der Waals surface area (Å²) in [6.07, 6.45) is 0.504. The lowest BCUT2D eigenvalue weighted by Gasteiger charge is -2.19. The van der Waals surface area contributed by atoms with E-state index in [4.69, 9.17) is 5.26 Å². The molecule has 1 rings (SSSR count). The van der Waals surface area contributed by atoms with E-state index in [2.05, 4.69) is 26.9 Å². The van der Waals surface area contributed by atoms with Crippen LogP contribution < -0.4 is 0 Å². The molecule has 1 aromatic rings. The average Bonchev–Trinajstić information content (AvgIpc) is 2.22. The summed E-state index contributed by atoms with van der Waals surface area (Å²) in [7, 11) is 0. The molecule has 0 atom stereocenters. The van der Waals surface area contributed by atoms with E-state index in [1.165, 1.54) is 12.1 Å². The van der Waals surface area contributed by atoms with Gasteiger partial charge in [-0.25, -0.2) is 4.39 Å². The average molecular weight is 285 g/mol. The van der Waals surface area contributed by atoms with E-state index in [1.54, 1.807) is 0 Å². The Balaban J connectivity index is 2.66. The van der Waals surface area contributed by atoms with Gasteiger partial charge in [0.25, 0.3) is 0 Å². The number of hydrogen-bond donors (Lipinski definition) is 0. The van der Waals surface area contributed by atoms with Crippen LogP contribution in [0.4, 0.5) is 4.39 Å². The highest BCUT2D eigenvalue weighted by atomic mass is 79.9. The Morgan fingerprint density at radius 1 is 1.44 bits per heavy atom. The third kappa shape index (κ3) is 4.30. The molecule has 0 aliphatic rings. The number of halogens is 2. The van der Waals surface area contributed by atoms with Crippen molar-refractivity contribution in [2.24, 2.45) is 0 Å². The van der Waals surface area contributed by atoms with Crippen LogP contribution in [0, 0.1) is 17.1 Å². The maximum atomic E-state index is 13.1. The SMILES string of the molecule is CCN(CCC#N)Cc1cc(F)cc(Br)c1. The van der Waals surface area contributed by atoms with Crippen molar-refractivity contribution in [2.45, 2.75) is 19.9 Å². The van der Waals surface area contributed by atoms with Gasteiger partial charge in [-0.05, 0) is 30.3 Å². The molecule has 0 saturated carbocycles. The first-order valence-electron chi connectivity index (χ1n) is 5.20. The molecular formula is C12H14BrFN2. The van der Waals surface area contributed by atoms with Gasteiger partial charge in [-0.2, -0.15) is 5.26 Å². The van der Waals surface area contributed by atoms with Gasteiger partial charge in [-0.3, -0.25) is 4.90 Å². The van der Waals surface area contributed by atoms with Gasteiger partial charge >= 0.3 is 0 Å². The van der Waals surface area contributed by atoms with Crippen LogP contribution in [-0.2, 0) is 6.54 Å². The number of hydrogen-bond acceptors (Lipinski definition) is 2. The monoisotopic (exact) mass is 284 g/mol. The van der Waals surface area contributed by atoms with Crippen molar-refractivity contribution in [1.82, 2.24) is 4.90 Å². The zero-order valence-electron chi connectivity index (χ0n) is 9.21. The first-order chi connectivity index (χ1) is 7.65. The minimum atomic E-state index is -0.235. The molecule has 0 saturated heterocycles. The van der Waals surface area contributed by atoms with Crippen molar-refractivity contribution in [3.63, 3.8) is 0 Å². The highest BCUT2D eigenvalue weighted by Gasteiger charge is 2.05. The van der Waals surface area contributed by atoms with Crippen molar-refractivity contribution in [2.75, 3.05) is 13.1 Å². The van der Waals surface area contributed by atoms with E-state index >= 15 is 0 Å². The van der Waals surface area contributed by atoms with Crippen LogP contribution in [0.1, 0.15) is 18.9 Å². The molecule has 16 heavy (non-hydrogen) atoms. The second-order valence-electron chi connectivity index (χ2n) is 3.55. The van der Waals surface area contributed by atoms with Crippen LogP contribution in [0.5, 0.6) is 0 Å². The molecule has 4 heteroatoms. The summed E-state index contributed by atoms with van der Waals surface area (Å²) in [4.78, 5) is 2.12. The van der Waals surface area contributed by atoms with Gasteiger partial charge < -0.3 is 0 Å². The van der Waals surface area contributed by atoms with Gasteiger partial charge in [0, 0.05) is 24.0 Å². The van der Waals surface area contributed by atoms with Gasteiger partial charge in [-0.15, -0.1) is 0 Å². The van der Waals surface area contributed by atoms with Gasteiger partial charge in [0.05, 0.1) is 6.07 Å². The Labute approximate surface area is 104 Å². The Kier molecular flexibility index (Phi) is 5.44. The lowest BCUT2D eigenvalue weighted by Crippen LogP contribution is -2.23. The summed E-state index contributed by atoms with van der Waals surface area (Å²) in [5.74, 6) is -0.235.